The Hall–Kier alpha value is -1.42. The molecule has 3 nitrogen and oxygen atoms in total. The molecule has 2 rings (SSSR count). The summed E-state index contributed by atoms with van der Waals surface area (Å²) < 4.78 is 13.0. The first kappa shape index (κ1) is 11.1. The van der Waals surface area contributed by atoms with E-state index in [9.17, 15) is 9.18 Å². The van der Waals surface area contributed by atoms with E-state index in [0.29, 0.717) is 23.6 Å². The number of ketones is 1. The van der Waals surface area contributed by atoms with Gasteiger partial charge in [0.2, 0.25) is 0 Å². The van der Waals surface area contributed by atoms with Crippen LogP contribution in [0.25, 0.3) is 0 Å². The summed E-state index contributed by atoms with van der Waals surface area (Å²) in [6.45, 7) is 1.82. The van der Waals surface area contributed by atoms with Crippen molar-refractivity contribution >= 4 is 11.5 Å². The molecule has 4 heteroatoms. The Morgan fingerprint density at radius 2 is 2.38 bits per heavy atom. The molecule has 0 aliphatic carbocycles. The van der Waals surface area contributed by atoms with Crippen molar-refractivity contribution in [2.45, 2.75) is 12.8 Å². The van der Waals surface area contributed by atoms with Crippen LogP contribution in [0.5, 0.6) is 0 Å². The number of anilines is 1. The highest BCUT2D eigenvalue weighted by Crippen LogP contribution is 2.20. The summed E-state index contributed by atoms with van der Waals surface area (Å²) in [5, 5.41) is 3.20. The maximum Gasteiger partial charge on any atom is 0.165 e. The number of halogens is 1. The average Bonchev–Trinajstić information content (AvgIpc) is 2.74. The van der Waals surface area contributed by atoms with Gasteiger partial charge in [-0.2, -0.15) is 0 Å². The van der Waals surface area contributed by atoms with Crippen molar-refractivity contribution < 1.29 is 9.18 Å². The first-order valence-corrected chi connectivity index (χ1v) is 5.46. The zero-order valence-electron chi connectivity index (χ0n) is 9.00. The van der Waals surface area contributed by atoms with Gasteiger partial charge >= 0.3 is 0 Å². The van der Waals surface area contributed by atoms with Crippen molar-refractivity contribution in [2.24, 2.45) is 5.92 Å². The lowest BCUT2D eigenvalue weighted by molar-refractivity contribution is 0.0965. The van der Waals surface area contributed by atoms with Gasteiger partial charge in [-0.05, 0) is 43.6 Å². The Labute approximate surface area is 93.8 Å². The lowest BCUT2D eigenvalue weighted by Crippen LogP contribution is -2.14. The molecule has 1 aromatic carbocycles. The summed E-state index contributed by atoms with van der Waals surface area (Å²) in [5.41, 5.74) is 6.33. The third-order valence-electron chi connectivity index (χ3n) is 2.95. The van der Waals surface area contributed by atoms with Crippen LogP contribution in [0.15, 0.2) is 18.2 Å². The normalized spacial score (nSPS) is 19.9. The molecule has 1 aromatic rings. The fourth-order valence-electron chi connectivity index (χ4n) is 2.03. The predicted octanol–water partition coefficient (Wildman–Crippen LogP) is 1.59. The summed E-state index contributed by atoms with van der Waals surface area (Å²) in [7, 11) is 0. The number of carbonyl (C=O) groups is 1. The molecule has 1 atom stereocenters. The number of nitrogens with one attached hydrogen (secondary N) is 1. The van der Waals surface area contributed by atoms with Crippen molar-refractivity contribution in [3.05, 3.63) is 29.6 Å². The standard InChI is InChI=1S/C12H15FN2O/c13-9-1-2-11(14)10(6-9)12(16)5-8-3-4-15-7-8/h1-2,6,8,15H,3-5,7,14H2. The number of hydrogen-bond donors (Lipinski definition) is 2. The number of nitrogens with two attached hydrogens (primary N) is 1. The maximum absolute atomic E-state index is 13.0. The van der Waals surface area contributed by atoms with Gasteiger partial charge in [0.25, 0.3) is 0 Å². The summed E-state index contributed by atoms with van der Waals surface area (Å²) in [6.07, 6.45) is 1.45. The molecule has 0 bridgehead atoms. The van der Waals surface area contributed by atoms with E-state index in [2.05, 4.69) is 5.32 Å². The van der Waals surface area contributed by atoms with Crippen LogP contribution >= 0.6 is 0 Å². The Morgan fingerprint density at radius 1 is 1.56 bits per heavy atom. The zero-order chi connectivity index (χ0) is 11.5. The van der Waals surface area contributed by atoms with Crippen LogP contribution < -0.4 is 11.1 Å². The fourth-order valence-corrected chi connectivity index (χ4v) is 2.03. The van der Waals surface area contributed by atoms with Gasteiger partial charge in [0.15, 0.2) is 5.78 Å². The van der Waals surface area contributed by atoms with E-state index in [0.717, 1.165) is 19.5 Å². The van der Waals surface area contributed by atoms with E-state index in [-0.39, 0.29) is 5.78 Å². The van der Waals surface area contributed by atoms with Crippen LogP contribution in [0, 0.1) is 11.7 Å². The molecule has 0 amide bonds. The molecule has 0 spiro atoms. The number of benzene rings is 1. The Bertz CT molecular complexity index is 400. The van der Waals surface area contributed by atoms with Crippen LogP contribution in [0.2, 0.25) is 0 Å². The van der Waals surface area contributed by atoms with E-state index in [1.165, 1.54) is 18.2 Å². The smallest absolute Gasteiger partial charge is 0.165 e. The molecule has 1 fully saturated rings. The Morgan fingerprint density at radius 3 is 3.06 bits per heavy atom. The minimum absolute atomic E-state index is 0.0642. The predicted molar refractivity (Wildman–Crippen MR) is 60.7 cm³/mol. The lowest BCUT2D eigenvalue weighted by Gasteiger charge is -2.09. The molecule has 1 saturated heterocycles. The number of nitrogen functional groups attached to an aromatic ring is 1. The van der Waals surface area contributed by atoms with E-state index >= 15 is 0 Å². The molecule has 1 aliphatic rings. The second-order valence-electron chi connectivity index (χ2n) is 4.22. The largest absolute Gasteiger partial charge is 0.398 e. The highest BCUT2D eigenvalue weighted by molar-refractivity contribution is 6.00. The van der Waals surface area contributed by atoms with Crippen LogP contribution in [0.4, 0.5) is 10.1 Å². The second kappa shape index (κ2) is 4.61. The van der Waals surface area contributed by atoms with Crippen LogP contribution in [0.3, 0.4) is 0 Å². The SMILES string of the molecule is Nc1ccc(F)cc1C(=O)CC1CCNC1. The molecule has 0 aromatic heterocycles. The maximum atomic E-state index is 13.0. The van der Waals surface area contributed by atoms with E-state index < -0.39 is 5.82 Å². The number of hydrogen-bond acceptors (Lipinski definition) is 3. The third kappa shape index (κ3) is 2.39. The van der Waals surface area contributed by atoms with E-state index in [1.54, 1.807) is 0 Å². The molecule has 0 saturated carbocycles. The van der Waals surface area contributed by atoms with Crippen molar-refractivity contribution in [3.8, 4) is 0 Å². The number of rotatable bonds is 3. The average molecular weight is 222 g/mol. The van der Waals surface area contributed by atoms with Crippen molar-refractivity contribution in [2.75, 3.05) is 18.8 Å². The van der Waals surface area contributed by atoms with Crippen molar-refractivity contribution in [3.63, 3.8) is 0 Å². The quantitative estimate of drug-likeness (QED) is 0.603. The van der Waals surface area contributed by atoms with Gasteiger partial charge in [0.1, 0.15) is 5.82 Å². The zero-order valence-corrected chi connectivity index (χ0v) is 9.00. The van der Waals surface area contributed by atoms with E-state index in [4.69, 9.17) is 5.73 Å². The monoisotopic (exact) mass is 222 g/mol. The van der Waals surface area contributed by atoms with E-state index in [1.807, 2.05) is 0 Å². The van der Waals surface area contributed by atoms with Gasteiger partial charge in [-0.1, -0.05) is 0 Å². The molecule has 16 heavy (non-hydrogen) atoms. The molecule has 86 valence electrons. The molecular formula is C12H15FN2O. The summed E-state index contributed by atoms with van der Waals surface area (Å²) in [6, 6.07) is 3.93. The highest BCUT2D eigenvalue weighted by Gasteiger charge is 2.20. The molecule has 1 unspecified atom stereocenters. The highest BCUT2D eigenvalue weighted by atomic mass is 19.1. The van der Waals surface area contributed by atoms with Gasteiger partial charge in [-0.25, -0.2) is 4.39 Å². The summed E-state index contributed by atoms with van der Waals surface area (Å²) in [5.74, 6) is -0.122. The van der Waals surface area contributed by atoms with Crippen LogP contribution in [0.1, 0.15) is 23.2 Å². The van der Waals surface area contributed by atoms with Crippen LogP contribution in [-0.2, 0) is 0 Å². The van der Waals surface area contributed by atoms with Gasteiger partial charge in [-0.15, -0.1) is 0 Å². The minimum Gasteiger partial charge on any atom is -0.398 e. The number of carbonyl (C=O) groups excluding carboxylic acids is 1. The van der Waals surface area contributed by atoms with Gasteiger partial charge in [0, 0.05) is 17.7 Å². The third-order valence-corrected chi connectivity index (χ3v) is 2.95. The Balaban J connectivity index is 2.10. The van der Waals surface area contributed by atoms with Crippen LogP contribution in [-0.4, -0.2) is 18.9 Å². The first-order valence-electron chi connectivity index (χ1n) is 5.46. The second-order valence-corrected chi connectivity index (χ2v) is 4.22. The van der Waals surface area contributed by atoms with Crippen molar-refractivity contribution in [1.29, 1.82) is 0 Å². The molecule has 3 N–H and O–H groups in total. The number of Topliss-reactive ketones (excluding diaryl/α,β-unsaturated/α-hetero) is 1. The topological polar surface area (TPSA) is 55.1 Å². The van der Waals surface area contributed by atoms with Gasteiger partial charge in [-0.3, -0.25) is 4.79 Å². The lowest BCUT2D eigenvalue weighted by atomic mass is 9.97. The summed E-state index contributed by atoms with van der Waals surface area (Å²) in [4.78, 5) is 11.9. The summed E-state index contributed by atoms with van der Waals surface area (Å²) >= 11 is 0. The molecular weight excluding hydrogens is 207 g/mol. The van der Waals surface area contributed by atoms with Crippen molar-refractivity contribution in [1.82, 2.24) is 5.32 Å². The molecule has 0 radical (unpaired) electrons. The molecule has 1 aliphatic heterocycles. The molecule has 1 heterocycles. The van der Waals surface area contributed by atoms with Gasteiger partial charge in [0.05, 0.1) is 0 Å². The Kier molecular flexibility index (Phi) is 3.19. The van der Waals surface area contributed by atoms with Gasteiger partial charge < -0.3 is 11.1 Å². The minimum atomic E-state index is -0.415. The fraction of sp³-hybridized carbons (Fsp3) is 0.417. The first-order chi connectivity index (χ1) is 7.66.